The molecular formula is C22H22N4O2. The number of nitrogens with zero attached hydrogens (tertiary/aromatic N) is 4. The number of ether oxygens (including phenoxy) is 1. The van der Waals surface area contributed by atoms with E-state index in [0.717, 1.165) is 37.5 Å². The average Bonchev–Trinajstić information content (AvgIpc) is 3.11. The Bertz CT molecular complexity index is 952. The van der Waals surface area contributed by atoms with E-state index in [4.69, 9.17) is 9.84 Å². The van der Waals surface area contributed by atoms with Crippen LogP contribution in [0.15, 0.2) is 54.7 Å². The first-order valence-corrected chi connectivity index (χ1v) is 9.81. The molecule has 6 nitrogen and oxygen atoms in total. The van der Waals surface area contributed by atoms with Gasteiger partial charge in [0.05, 0.1) is 11.3 Å². The van der Waals surface area contributed by atoms with Crippen LogP contribution in [0.1, 0.15) is 40.5 Å². The topological polar surface area (TPSA) is 60.2 Å². The number of fused-ring (bicyclic) bond motifs is 1. The van der Waals surface area contributed by atoms with Crippen molar-refractivity contribution in [2.24, 2.45) is 0 Å². The Hall–Kier alpha value is -3.15. The smallest absolute Gasteiger partial charge is 0.255 e. The fraction of sp³-hybridized carbons (Fsp3) is 0.318. The van der Waals surface area contributed by atoms with Crippen molar-refractivity contribution in [3.05, 3.63) is 71.7 Å². The van der Waals surface area contributed by atoms with Gasteiger partial charge in [-0.2, -0.15) is 5.10 Å². The van der Waals surface area contributed by atoms with Gasteiger partial charge in [0.25, 0.3) is 5.91 Å². The van der Waals surface area contributed by atoms with Crippen molar-refractivity contribution in [1.29, 1.82) is 0 Å². The highest BCUT2D eigenvalue weighted by Crippen LogP contribution is 2.29. The van der Waals surface area contributed by atoms with Crippen LogP contribution in [0.3, 0.4) is 0 Å². The molecule has 0 bridgehead atoms. The maximum atomic E-state index is 12.7. The van der Waals surface area contributed by atoms with Gasteiger partial charge >= 0.3 is 0 Å². The van der Waals surface area contributed by atoms with Gasteiger partial charge in [-0.15, -0.1) is 0 Å². The van der Waals surface area contributed by atoms with Gasteiger partial charge in [-0.1, -0.05) is 18.2 Å². The number of likely N-dealkylation sites (tertiary alicyclic amines) is 1. The number of carbonyl (C=O) groups is 1. The normalized spacial score (nSPS) is 16.4. The van der Waals surface area contributed by atoms with Crippen LogP contribution in [-0.4, -0.2) is 38.7 Å². The number of amides is 1. The van der Waals surface area contributed by atoms with Gasteiger partial charge in [0, 0.05) is 43.5 Å². The van der Waals surface area contributed by atoms with E-state index in [2.05, 4.69) is 15.7 Å². The number of hydrogen-bond donors (Lipinski definition) is 0. The molecule has 4 heterocycles. The van der Waals surface area contributed by atoms with Crippen LogP contribution in [0.2, 0.25) is 0 Å². The molecule has 28 heavy (non-hydrogen) atoms. The lowest BCUT2D eigenvalue weighted by molar-refractivity contribution is 0.0597. The molecular weight excluding hydrogens is 352 g/mol. The van der Waals surface area contributed by atoms with Gasteiger partial charge in [-0.3, -0.25) is 9.48 Å². The van der Waals surface area contributed by atoms with Crippen LogP contribution in [0.25, 0.3) is 0 Å². The summed E-state index contributed by atoms with van der Waals surface area (Å²) in [6, 6.07) is 15.2. The van der Waals surface area contributed by atoms with Crippen LogP contribution in [-0.2, 0) is 13.0 Å². The summed E-state index contributed by atoms with van der Waals surface area (Å²) in [5.74, 6) is 1.56. The highest BCUT2D eigenvalue weighted by molar-refractivity contribution is 5.94. The molecule has 3 aromatic rings. The first kappa shape index (κ1) is 17.0. The van der Waals surface area contributed by atoms with Gasteiger partial charge in [0.2, 0.25) is 5.88 Å². The third kappa shape index (κ3) is 3.26. The van der Waals surface area contributed by atoms with Crippen LogP contribution in [0.5, 0.6) is 11.6 Å². The van der Waals surface area contributed by atoms with Crippen LogP contribution in [0.4, 0.5) is 0 Å². The molecule has 1 amide bonds. The first-order chi connectivity index (χ1) is 13.8. The number of aromatic nitrogens is 3. The molecule has 2 aliphatic heterocycles. The molecule has 0 aliphatic carbocycles. The van der Waals surface area contributed by atoms with E-state index in [1.54, 1.807) is 18.3 Å². The zero-order valence-electron chi connectivity index (χ0n) is 15.6. The van der Waals surface area contributed by atoms with Crippen molar-refractivity contribution in [3.8, 4) is 11.6 Å². The number of hydrogen-bond acceptors (Lipinski definition) is 4. The SMILES string of the molecule is O=C(c1ccc(Oc2ccccc2)nc1)N1CC(c2cc3n(n2)CCCC3)C1. The molecule has 0 N–H and O–H groups in total. The highest BCUT2D eigenvalue weighted by Gasteiger charge is 2.34. The molecule has 5 rings (SSSR count). The largest absolute Gasteiger partial charge is 0.439 e. The summed E-state index contributed by atoms with van der Waals surface area (Å²) in [5.41, 5.74) is 3.05. The summed E-state index contributed by atoms with van der Waals surface area (Å²) in [4.78, 5) is 18.8. The van der Waals surface area contributed by atoms with Gasteiger partial charge in [0.1, 0.15) is 5.75 Å². The maximum absolute atomic E-state index is 12.7. The molecule has 0 radical (unpaired) electrons. The maximum Gasteiger partial charge on any atom is 0.255 e. The van der Waals surface area contributed by atoms with Gasteiger partial charge < -0.3 is 9.64 Å². The van der Waals surface area contributed by atoms with Gasteiger partial charge in [-0.05, 0) is 43.5 Å². The lowest BCUT2D eigenvalue weighted by atomic mass is 9.95. The standard InChI is InChI=1S/C22H22N4O2/c27-22(16-9-10-21(23-13-16)28-19-7-2-1-3-8-19)25-14-17(15-25)20-12-18-6-4-5-11-26(18)24-20/h1-3,7-10,12-13,17H,4-6,11,14-15H2. The quantitative estimate of drug-likeness (QED) is 0.699. The van der Waals surface area contributed by atoms with E-state index in [1.807, 2.05) is 35.2 Å². The Morgan fingerprint density at radius 2 is 1.93 bits per heavy atom. The molecule has 2 aromatic heterocycles. The fourth-order valence-electron chi connectivity index (χ4n) is 3.83. The molecule has 1 aromatic carbocycles. The summed E-state index contributed by atoms with van der Waals surface area (Å²) < 4.78 is 7.82. The number of rotatable bonds is 4. The van der Waals surface area contributed by atoms with Crippen molar-refractivity contribution >= 4 is 5.91 Å². The van der Waals surface area contributed by atoms with E-state index in [0.29, 0.717) is 17.4 Å². The first-order valence-electron chi connectivity index (χ1n) is 9.81. The second-order valence-electron chi connectivity index (χ2n) is 7.45. The molecule has 0 spiro atoms. The zero-order chi connectivity index (χ0) is 18.9. The summed E-state index contributed by atoms with van der Waals surface area (Å²) in [7, 11) is 0. The number of benzene rings is 1. The Kier molecular flexibility index (Phi) is 4.31. The molecule has 0 unspecified atom stereocenters. The van der Waals surface area contributed by atoms with Crippen molar-refractivity contribution < 1.29 is 9.53 Å². The van der Waals surface area contributed by atoms with E-state index in [-0.39, 0.29) is 5.91 Å². The molecule has 0 atom stereocenters. The molecule has 0 saturated carbocycles. The molecule has 1 saturated heterocycles. The summed E-state index contributed by atoms with van der Waals surface area (Å²) >= 11 is 0. The van der Waals surface area contributed by atoms with Crippen molar-refractivity contribution in [1.82, 2.24) is 19.7 Å². The monoisotopic (exact) mass is 374 g/mol. The minimum absolute atomic E-state index is 0.0129. The third-order valence-electron chi connectivity index (χ3n) is 5.47. The lowest BCUT2D eigenvalue weighted by Crippen LogP contribution is -2.48. The fourth-order valence-corrected chi connectivity index (χ4v) is 3.83. The Morgan fingerprint density at radius 1 is 1.07 bits per heavy atom. The second-order valence-corrected chi connectivity index (χ2v) is 7.45. The van der Waals surface area contributed by atoms with E-state index in [9.17, 15) is 4.79 Å². The molecule has 1 fully saturated rings. The van der Waals surface area contributed by atoms with Gasteiger partial charge in [0.15, 0.2) is 0 Å². The van der Waals surface area contributed by atoms with E-state index < -0.39 is 0 Å². The zero-order valence-corrected chi connectivity index (χ0v) is 15.6. The van der Waals surface area contributed by atoms with Crippen LogP contribution in [0, 0.1) is 0 Å². The van der Waals surface area contributed by atoms with Crippen molar-refractivity contribution in [2.45, 2.75) is 31.7 Å². The summed E-state index contributed by atoms with van der Waals surface area (Å²) in [5, 5.41) is 4.74. The van der Waals surface area contributed by atoms with Crippen LogP contribution >= 0.6 is 0 Å². The van der Waals surface area contributed by atoms with E-state index in [1.165, 1.54) is 18.5 Å². The summed E-state index contributed by atoms with van der Waals surface area (Å²) in [6.07, 6.45) is 5.16. The van der Waals surface area contributed by atoms with Gasteiger partial charge in [-0.25, -0.2) is 4.98 Å². The minimum atomic E-state index is 0.0129. The van der Waals surface area contributed by atoms with Crippen molar-refractivity contribution in [2.75, 3.05) is 13.1 Å². The molecule has 2 aliphatic rings. The minimum Gasteiger partial charge on any atom is -0.439 e. The predicted molar refractivity (Wildman–Crippen MR) is 105 cm³/mol. The highest BCUT2D eigenvalue weighted by atomic mass is 16.5. The Morgan fingerprint density at radius 3 is 2.68 bits per heavy atom. The lowest BCUT2D eigenvalue weighted by Gasteiger charge is -2.38. The average molecular weight is 374 g/mol. The second kappa shape index (κ2) is 7.11. The number of pyridine rings is 1. The Labute approximate surface area is 163 Å². The number of para-hydroxylation sites is 1. The number of carbonyl (C=O) groups excluding carboxylic acids is 1. The van der Waals surface area contributed by atoms with Crippen molar-refractivity contribution in [3.63, 3.8) is 0 Å². The van der Waals surface area contributed by atoms with Crippen LogP contribution < -0.4 is 4.74 Å². The number of aryl methyl sites for hydroxylation is 2. The summed E-state index contributed by atoms with van der Waals surface area (Å²) in [6.45, 7) is 2.46. The van der Waals surface area contributed by atoms with E-state index >= 15 is 0 Å². The predicted octanol–water partition coefficient (Wildman–Crippen LogP) is 3.65. The molecule has 6 heteroatoms. The third-order valence-corrected chi connectivity index (χ3v) is 5.47. The molecule has 142 valence electrons. The Balaban J connectivity index is 1.20.